The van der Waals surface area contributed by atoms with Crippen molar-refractivity contribution in [1.29, 1.82) is 5.26 Å². The summed E-state index contributed by atoms with van der Waals surface area (Å²) in [6.45, 7) is 12.6. The van der Waals surface area contributed by atoms with Crippen LogP contribution in [0.5, 0.6) is 0 Å². The zero-order chi connectivity index (χ0) is 15.3. The Morgan fingerprint density at radius 1 is 1.30 bits per heavy atom. The van der Waals surface area contributed by atoms with Crippen LogP contribution in [0.25, 0.3) is 0 Å². The molecule has 2 nitrogen and oxygen atoms in total. The first-order chi connectivity index (χ1) is 9.25. The summed E-state index contributed by atoms with van der Waals surface area (Å²) in [5.41, 5.74) is 2.13. The summed E-state index contributed by atoms with van der Waals surface area (Å²) >= 11 is 1.86. The van der Waals surface area contributed by atoms with Crippen molar-refractivity contribution >= 4 is 11.8 Å². The minimum atomic E-state index is -0.460. The summed E-state index contributed by atoms with van der Waals surface area (Å²) in [4.78, 5) is 1.32. The van der Waals surface area contributed by atoms with Crippen molar-refractivity contribution in [3.05, 3.63) is 29.3 Å². The Bertz CT molecular complexity index is 490. The smallest absolute Gasteiger partial charge is 0.105 e. The Morgan fingerprint density at radius 3 is 2.50 bits per heavy atom. The average Bonchev–Trinajstić information content (AvgIpc) is 2.32. The van der Waals surface area contributed by atoms with Crippen LogP contribution in [0.15, 0.2) is 23.1 Å². The van der Waals surface area contributed by atoms with E-state index < -0.39 is 5.54 Å². The molecule has 3 heteroatoms. The Labute approximate surface area is 128 Å². The molecule has 2 atom stereocenters. The molecule has 0 radical (unpaired) electrons. The second kappa shape index (κ2) is 7.15. The monoisotopic (exact) mass is 290 g/mol. The van der Waals surface area contributed by atoms with Gasteiger partial charge >= 0.3 is 0 Å². The van der Waals surface area contributed by atoms with Gasteiger partial charge in [0.15, 0.2) is 0 Å². The minimum absolute atomic E-state index is 0.317. The van der Waals surface area contributed by atoms with Gasteiger partial charge in [0.05, 0.1) is 6.07 Å². The van der Waals surface area contributed by atoms with Crippen molar-refractivity contribution in [2.24, 2.45) is 0 Å². The highest BCUT2D eigenvalue weighted by atomic mass is 32.2. The lowest BCUT2D eigenvalue weighted by molar-refractivity contribution is 0.382. The third-order valence-electron chi connectivity index (χ3n) is 3.22. The predicted octanol–water partition coefficient (Wildman–Crippen LogP) is 4.45. The molecular formula is C17H26N2S. The molecule has 20 heavy (non-hydrogen) atoms. The van der Waals surface area contributed by atoms with Gasteiger partial charge < -0.3 is 0 Å². The Kier molecular flexibility index (Phi) is 6.10. The minimum Gasteiger partial charge on any atom is -0.297 e. The van der Waals surface area contributed by atoms with E-state index in [1.807, 2.05) is 18.7 Å². The Balaban J connectivity index is 2.74. The van der Waals surface area contributed by atoms with Crippen LogP contribution < -0.4 is 5.32 Å². The summed E-state index contributed by atoms with van der Waals surface area (Å²) in [6, 6.07) is 9.29. The van der Waals surface area contributed by atoms with Crippen LogP contribution in [0.4, 0.5) is 0 Å². The van der Waals surface area contributed by atoms with Crippen LogP contribution in [-0.2, 0) is 0 Å². The van der Waals surface area contributed by atoms with Crippen molar-refractivity contribution in [2.75, 3.05) is 0 Å². The van der Waals surface area contributed by atoms with Gasteiger partial charge in [-0.25, -0.2) is 0 Å². The highest BCUT2D eigenvalue weighted by Gasteiger charge is 2.27. The maximum Gasteiger partial charge on any atom is 0.105 e. The molecule has 0 amide bonds. The summed E-state index contributed by atoms with van der Waals surface area (Å²) in [5.74, 6) is 0. The van der Waals surface area contributed by atoms with Crippen molar-refractivity contribution in [3.8, 4) is 6.07 Å². The van der Waals surface area contributed by atoms with Crippen LogP contribution in [0, 0.1) is 25.2 Å². The SMILES string of the molecule is Cc1ccc(C)c(SC(C)CC(C)(C#N)NC(C)C)c1. The average molecular weight is 290 g/mol. The second-order valence-corrected chi connectivity index (χ2v) is 7.62. The number of thioether (sulfide) groups is 1. The molecule has 0 fully saturated rings. The molecule has 0 saturated carbocycles. The van der Waals surface area contributed by atoms with E-state index in [1.165, 1.54) is 16.0 Å². The standard InChI is InChI=1S/C17H26N2S/c1-12(2)19-17(6,11-18)10-15(5)20-16-9-13(3)7-8-14(16)4/h7-9,12,15,19H,10H2,1-6H3. The van der Waals surface area contributed by atoms with Crippen LogP contribution >= 0.6 is 11.8 Å². The van der Waals surface area contributed by atoms with Gasteiger partial charge in [-0.15, -0.1) is 11.8 Å². The molecular weight excluding hydrogens is 264 g/mol. The molecule has 1 N–H and O–H groups in total. The fourth-order valence-electron chi connectivity index (χ4n) is 2.44. The van der Waals surface area contributed by atoms with Crippen molar-refractivity contribution in [1.82, 2.24) is 5.32 Å². The maximum absolute atomic E-state index is 9.43. The number of nitrogens with one attached hydrogen (secondary N) is 1. The highest BCUT2D eigenvalue weighted by Crippen LogP contribution is 2.31. The first kappa shape index (κ1) is 17.1. The number of hydrogen-bond acceptors (Lipinski definition) is 3. The topological polar surface area (TPSA) is 35.8 Å². The zero-order valence-electron chi connectivity index (χ0n) is 13.4. The second-order valence-electron chi connectivity index (χ2n) is 6.14. The molecule has 0 aromatic heterocycles. The molecule has 1 aromatic rings. The normalized spacial score (nSPS) is 15.7. The number of rotatable bonds is 6. The summed E-state index contributed by atoms with van der Waals surface area (Å²) in [6.07, 6.45) is 0.833. The van der Waals surface area contributed by atoms with Gasteiger partial charge in [0, 0.05) is 16.2 Å². The third kappa shape index (κ3) is 5.19. The van der Waals surface area contributed by atoms with E-state index in [4.69, 9.17) is 0 Å². The lowest BCUT2D eigenvalue weighted by Gasteiger charge is -2.28. The molecule has 0 saturated heterocycles. The Morgan fingerprint density at radius 2 is 1.95 bits per heavy atom. The highest BCUT2D eigenvalue weighted by molar-refractivity contribution is 8.00. The molecule has 0 aliphatic carbocycles. The molecule has 1 aromatic carbocycles. The quantitative estimate of drug-likeness (QED) is 0.786. The van der Waals surface area contributed by atoms with Crippen LogP contribution in [0.1, 0.15) is 45.2 Å². The molecule has 0 bridgehead atoms. The molecule has 1 rings (SSSR count). The summed E-state index contributed by atoms with van der Waals surface area (Å²) in [5, 5.41) is 13.2. The number of nitriles is 1. The van der Waals surface area contributed by atoms with E-state index in [0.717, 1.165) is 6.42 Å². The van der Waals surface area contributed by atoms with Gasteiger partial charge in [-0.2, -0.15) is 5.26 Å². The van der Waals surface area contributed by atoms with E-state index in [1.54, 1.807) is 0 Å². The largest absolute Gasteiger partial charge is 0.297 e. The van der Waals surface area contributed by atoms with Gasteiger partial charge in [-0.05, 0) is 52.7 Å². The van der Waals surface area contributed by atoms with Gasteiger partial charge in [0.1, 0.15) is 5.54 Å². The summed E-state index contributed by atoms with van der Waals surface area (Å²) < 4.78 is 0. The lowest BCUT2D eigenvalue weighted by atomic mass is 9.97. The van der Waals surface area contributed by atoms with E-state index in [0.29, 0.717) is 11.3 Å². The number of benzene rings is 1. The third-order valence-corrected chi connectivity index (χ3v) is 4.48. The first-order valence-electron chi connectivity index (χ1n) is 7.18. The molecule has 0 spiro atoms. The van der Waals surface area contributed by atoms with Crippen LogP contribution in [-0.4, -0.2) is 16.8 Å². The molecule has 0 aliphatic heterocycles. The van der Waals surface area contributed by atoms with Gasteiger partial charge in [-0.3, -0.25) is 5.32 Å². The Hall–Kier alpha value is -0.980. The molecule has 0 heterocycles. The lowest BCUT2D eigenvalue weighted by Crippen LogP contribution is -2.46. The predicted molar refractivity (Wildman–Crippen MR) is 88.1 cm³/mol. The van der Waals surface area contributed by atoms with Crippen molar-refractivity contribution < 1.29 is 0 Å². The van der Waals surface area contributed by atoms with Gasteiger partial charge in [-0.1, -0.05) is 24.6 Å². The van der Waals surface area contributed by atoms with E-state index in [2.05, 4.69) is 64.2 Å². The van der Waals surface area contributed by atoms with Crippen molar-refractivity contribution in [2.45, 2.75) is 69.7 Å². The zero-order valence-corrected chi connectivity index (χ0v) is 14.3. The van der Waals surface area contributed by atoms with Gasteiger partial charge in [0.2, 0.25) is 0 Å². The van der Waals surface area contributed by atoms with E-state index >= 15 is 0 Å². The molecule has 0 aliphatic rings. The van der Waals surface area contributed by atoms with Gasteiger partial charge in [0.25, 0.3) is 0 Å². The number of nitrogens with zero attached hydrogens (tertiary/aromatic N) is 1. The van der Waals surface area contributed by atoms with E-state index in [-0.39, 0.29) is 0 Å². The molecule has 2 unspecified atom stereocenters. The fourth-order valence-corrected chi connectivity index (χ4v) is 3.80. The first-order valence-corrected chi connectivity index (χ1v) is 8.06. The fraction of sp³-hybridized carbons (Fsp3) is 0.588. The van der Waals surface area contributed by atoms with Crippen molar-refractivity contribution in [3.63, 3.8) is 0 Å². The van der Waals surface area contributed by atoms with E-state index in [9.17, 15) is 5.26 Å². The summed E-state index contributed by atoms with van der Waals surface area (Å²) in [7, 11) is 0. The number of aryl methyl sites for hydroxylation is 2. The van der Waals surface area contributed by atoms with Crippen LogP contribution in [0.3, 0.4) is 0 Å². The molecule has 110 valence electrons. The number of hydrogen-bond donors (Lipinski definition) is 1. The van der Waals surface area contributed by atoms with Crippen LogP contribution in [0.2, 0.25) is 0 Å². The maximum atomic E-state index is 9.43.